The summed E-state index contributed by atoms with van der Waals surface area (Å²) < 4.78 is 0.933. The van der Waals surface area contributed by atoms with E-state index in [0.717, 1.165) is 9.26 Å². The van der Waals surface area contributed by atoms with E-state index in [1.807, 2.05) is 12.1 Å². The molecule has 0 bridgehead atoms. The van der Waals surface area contributed by atoms with Gasteiger partial charge in [0.05, 0.1) is 16.9 Å². The first-order valence-corrected chi connectivity index (χ1v) is 6.84. The topological polar surface area (TPSA) is 81.1 Å². The zero-order valence-electron chi connectivity index (χ0n) is 9.78. The summed E-state index contributed by atoms with van der Waals surface area (Å²) in [6.07, 6.45) is 0. The third-order valence-corrected chi connectivity index (χ3v) is 3.64. The number of nitrogens with one attached hydrogen (secondary N) is 1. The molecule has 5 N–H and O–H groups in total. The van der Waals surface area contributed by atoms with Crippen LogP contribution >= 0.6 is 34.2 Å². The minimum atomic E-state index is -0.508. The Balaban J connectivity index is 2.42. The van der Waals surface area contributed by atoms with Crippen LogP contribution in [0.3, 0.4) is 0 Å². The molecule has 2 aromatic rings. The molecule has 6 heteroatoms. The molecule has 0 aromatic heterocycles. The molecular formula is C13H11ClIN3O. The number of carbonyl (C=O) groups excluding carboxylic acids is 1. The van der Waals surface area contributed by atoms with E-state index in [9.17, 15) is 4.79 Å². The first kappa shape index (κ1) is 14.0. The molecule has 1 amide bonds. The van der Waals surface area contributed by atoms with E-state index in [4.69, 9.17) is 23.1 Å². The number of rotatable bonds is 3. The maximum absolute atomic E-state index is 11.4. The Labute approximate surface area is 129 Å². The standard InChI is InChI=1S/C13H11ClIN3O/c14-7-1-4-11(10(15)5-7)18-12-6-8(16)2-3-9(12)13(17)19/h1-6,18H,16H2,(H2,17,19). The Morgan fingerprint density at radius 1 is 1.16 bits per heavy atom. The number of anilines is 3. The molecule has 0 heterocycles. The number of amides is 1. The van der Waals surface area contributed by atoms with Gasteiger partial charge in [0, 0.05) is 14.3 Å². The molecule has 0 saturated carbocycles. The molecule has 98 valence electrons. The van der Waals surface area contributed by atoms with Gasteiger partial charge >= 0.3 is 0 Å². The van der Waals surface area contributed by atoms with Gasteiger partial charge in [-0.2, -0.15) is 0 Å². The van der Waals surface area contributed by atoms with Crippen molar-refractivity contribution in [2.45, 2.75) is 0 Å². The number of nitrogen functional groups attached to an aromatic ring is 1. The third kappa shape index (κ3) is 3.30. The number of benzene rings is 2. The first-order valence-electron chi connectivity index (χ1n) is 5.39. The summed E-state index contributed by atoms with van der Waals surface area (Å²) in [5, 5.41) is 3.79. The molecule has 0 atom stereocenters. The summed E-state index contributed by atoms with van der Waals surface area (Å²) in [6.45, 7) is 0. The fourth-order valence-corrected chi connectivity index (χ4v) is 2.62. The molecule has 0 aliphatic rings. The second-order valence-corrected chi connectivity index (χ2v) is 5.52. The average Bonchev–Trinajstić information content (AvgIpc) is 2.32. The van der Waals surface area contributed by atoms with Crippen molar-refractivity contribution in [2.75, 3.05) is 11.1 Å². The van der Waals surface area contributed by atoms with Crippen molar-refractivity contribution in [3.8, 4) is 0 Å². The lowest BCUT2D eigenvalue weighted by atomic mass is 10.1. The van der Waals surface area contributed by atoms with Gasteiger partial charge in [0.2, 0.25) is 0 Å². The Kier molecular flexibility index (Phi) is 4.16. The molecule has 0 unspecified atom stereocenters. The third-order valence-electron chi connectivity index (χ3n) is 2.51. The fraction of sp³-hybridized carbons (Fsp3) is 0. The van der Waals surface area contributed by atoms with Crippen molar-refractivity contribution in [1.82, 2.24) is 0 Å². The van der Waals surface area contributed by atoms with Crippen molar-refractivity contribution < 1.29 is 4.79 Å². The van der Waals surface area contributed by atoms with Crippen LogP contribution in [0, 0.1) is 3.57 Å². The van der Waals surface area contributed by atoms with Gasteiger partial charge in [-0.05, 0) is 59.0 Å². The molecule has 0 aliphatic carbocycles. The van der Waals surface area contributed by atoms with Crippen molar-refractivity contribution in [3.63, 3.8) is 0 Å². The van der Waals surface area contributed by atoms with Gasteiger partial charge in [0.25, 0.3) is 5.91 Å². The molecule has 4 nitrogen and oxygen atoms in total. The average molecular weight is 388 g/mol. The van der Waals surface area contributed by atoms with Gasteiger partial charge in [-0.15, -0.1) is 0 Å². The van der Waals surface area contributed by atoms with Crippen molar-refractivity contribution in [3.05, 3.63) is 50.6 Å². The van der Waals surface area contributed by atoms with Crippen molar-refractivity contribution in [1.29, 1.82) is 0 Å². The Morgan fingerprint density at radius 3 is 2.53 bits per heavy atom. The quantitative estimate of drug-likeness (QED) is 0.558. The minimum Gasteiger partial charge on any atom is -0.399 e. The second-order valence-electron chi connectivity index (χ2n) is 3.92. The van der Waals surface area contributed by atoms with Crippen LogP contribution in [0.25, 0.3) is 0 Å². The van der Waals surface area contributed by atoms with E-state index in [2.05, 4.69) is 27.9 Å². The van der Waals surface area contributed by atoms with Gasteiger partial charge < -0.3 is 16.8 Å². The highest BCUT2D eigenvalue weighted by Crippen LogP contribution is 2.28. The molecule has 0 radical (unpaired) electrons. The van der Waals surface area contributed by atoms with Crippen LogP contribution in [0.4, 0.5) is 17.1 Å². The van der Waals surface area contributed by atoms with Gasteiger partial charge in [-0.25, -0.2) is 0 Å². The highest BCUT2D eigenvalue weighted by atomic mass is 127. The van der Waals surface area contributed by atoms with E-state index < -0.39 is 5.91 Å². The summed E-state index contributed by atoms with van der Waals surface area (Å²) in [7, 11) is 0. The van der Waals surface area contributed by atoms with Gasteiger partial charge in [0.15, 0.2) is 0 Å². The van der Waals surface area contributed by atoms with Gasteiger partial charge in [0.1, 0.15) is 0 Å². The molecule has 0 fully saturated rings. The normalized spacial score (nSPS) is 10.2. The largest absolute Gasteiger partial charge is 0.399 e. The Morgan fingerprint density at radius 2 is 1.89 bits per heavy atom. The molecule has 2 aromatic carbocycles. The smallest absolute Gasteiger partial charge is 0.250 e. The number of hydrogen-bond donors (Lipinski definition) is 3. The molecule has 0 saturated heterocycles. The highest BCUT2D eigenvalue weighted by molar-refractivity contribution is 14.1. The Hall–Kier alpha value is -1.47. The maximum Gasteiger partial charge on any atom is 0.250 e. The molecule has 19 heavy (non-hydrogen) atoms. The summed E-state index contributed by atoms with van der Waals surface area (Å²) in [4.78, 5) is 11.4. The van der Waals surface area contributed by atoms with Crippen LogP contribution in [0.5, 0.6) is 0 Å². The van der Waals surface area contributed by atoms with Crippen LogP contribution in [0.15, 0.2) is 36.4 Å². The summed E-state index contributed by atoms with van der Waals surface area (Å²) in [6, 6.07) is 10.3. The van der Waals surface area contributed by atoms with Crippen LogP contribution in [-0.2, 0) is 0 Å². The Bertz CT molecular complexity index is 646. The van der Waals surface area contributed by atoms with Crippen LogP contribution < -0.4 is 16.8 Å². The van der Waals surface area contributed by atoms with Crippen LogP contribution in [0.1, 0.15) is 10.4 Å². The zero-order valence-corrected chi connectivity index (χ0v) is 12.7. The van der Waals surface area contributed by atoms with Gasteiger partial charge in [-0.3, -0.25) is 4.79 Å². The van der Waals surface area contributed by atoms with Crippen molar-refractivity contribution >= 4 is 57.2 Å². The SMILES string of the molecule is NC(=O)c1ccc(N)cc1Nc1ccc(Cl)cc1I. The van der Waals surface area contributed by atoms with E-state index in [1.54, 1.807) is 24.3 Å². The lowest BCUT2D eigenvalue weighted by molar-refractivity contribution is 0.100. The van der Waals surface area contributed by atoms with Crippen LogP contribution in [0.2, 0.25) is 5.02 Å². The summed E-state index contributed by atoms with van der Waals surface area (Å²) in [5.41, 5.74) is 13.4. The lowest BCUT2D eigenvalue weighted by Crippen LogP contribution is -2.13. The number of halogens is 2. The second kappa shape index (κ2) is 5.66. The summed E-state index contributed by atoms with van der Waals surface area (Å²) in [5.74, 6) is -0.508. The molecule has 0 aliphatic heterocycles. The zero-order chi connectivity index (χ0) is 14.0. The van der Waals surface area contributed by atoms with E-state index >= 15 is 0 Å². The lowest BCUT2D eigenvalue weighted by Gasteiger charge is -2.12. The number of nitrogens with two attached hydrogens (primary N) is 2. The van der Waals surface area contributed by atoms with Gasteiger partial charge in [-0.1, -0.05) is 11.6 Å². The van der Waals surface area contributed by atoms with E-state index in [-0.39, 0.29) is 0 Å². The maximum atomic E-state index is 11.4. The first-order chi connectivity index (χ1) is 8.97. The van der Waals surface area contributed by atoms with E-state index in [0.29, 0.717) is 22.0 Å². The highest BCUT2D eigenvalue weighted by Gasteiger charge is 2.10. The fourth-order valence-electron chi connectivity index (χ4n) is 1.62. The molecular weight excluding hydrogens is 377 g/mol. The summed E-state index contributed by atoms with van der Waals surface area (Å²) >= 11 is 8.06. The number of primary amides is 1. The molecule has 2 rings (SSSR count). The molecule has 0 spiro atoms. The monoisotopic (exact) mass is 387 g/mol. The number of carbonyl (C=O) groups is 1. The minimum absolute atomic E-state index is 0.389. The van der Waals surface area contributed by atoms with Crippen molar-refractivity contribution in [2.24, 2.45) is 5.73 Å². The number of hydrogen-bond acceptors (Lipinski definition) is 3. The van der Waals surface area contributed by atoms with E-state index in [1.165, 1.54) is 0 Å². The predicted octanol–water partition coefficient (Wildman–Crippen LogP) is 3.37. The van der Waals surface area contributed by atoms with Crippen LogP contribution in [-0.4, -0.2) is 5.91 Å². The predicted molar refractivity (Wildman–Crippen MR) is 86.8 cm³/mol.